The van der Waals surface area contributed by atoms with Gasteiger partial charge in [-0.2, -0.15) is 0 Å². The maximum absolute atomic E-state index is 6.32. The lowest BCUT2D eigenvalue weighted by atomic mass is 10.1. The second-order valence-electron chi connectivity index (χ2n) is 8.32. The van der Waals surface area contributed by atoms with Crippen molar-refractivity contribution in [1.29, 1.82) is 0 Å². The zero-order valence-electron chi connectivity index (χ0n) is 19.4. The summed E-state index contributed by atoms with van der Waals surface area (Å²) < 4.78 is 12.6. The molecule has 0 aromatic heterocycles. The van der Waals surface area contributed by atoms with Crippen molar-refractivity contribution in [1.82, 2.24) is 0 Å². The minimum atomic E-state index is -0.305. The van der Waals surface area contributed by atoms with Crippen LogP contribution in [-0.2, 0) is 8.85 Å². The van der Waals surface area contributed by atoms with Crippen molar-refractivity contribution >= 4 is 19.5 Å². The summed E-state index contributed by atoms with van der Waals surface area (Å²) in [6.45, 7) is 9.16. The topological polar surface area (TPSA) is 18.5 Å². The van der Waals surface area contributed by atoms with Crippen LogP contribution in [0.25, 0.3) is 0 Å². The van der Waals surface area contributed by atoms with Gasteiger partial charge in [-0.1, -0.05) is 98.3 Å². The van der Waals surface area contributed by atoms with E-state index in [9.17, 15) is 0 Å². The van der Waals surface area contributed by atoms with Gasteiger partial charge in [-0.3, -0.25) is 0 Å². The molecule has 0 aliphatic heterocycles. The van der Waals surface area contributed by atoms with E-state index in [1.165, 1.54) is 108 Å². The highest BCUT2D eigenvalue weighted by Crippen LogP contribution is 2.15. The Kier molecular flexibility index (Phi) is 22.9. The van der Waals surface area contributed by atoms with Crippen molar-refractivity contribution < 1.29 is 8.85 Å². The van der Waals surface area contributed by atoms with Gasteiger partial charge in [-0.15, -0.1) is 0 Å². The summed E-state index contributed by atoms with van der Waals surface area (Å²) in [5.74, 6) is 0. The first-order valence-electron chi connectivity index (χ1n) is 12.5. The van der Waals surface area contributed by atoms with Gasteiger partial charge in [0.25, 0.3) is 0 Å². The van der Waals surface area contributed by atoms with E-state index in [2.05, 4.69) is 27.7 Å². The van der Waals surface area contributed by atoms with E-state index < -0.39 is 0 Å². The maximum Gasteiger partial charge on any atom is 0.161 e. The van der Waals surface area contributed by atoms with Crippen LogP contribution in [0.4, 0.5) is 0 Å². The highest BCUT2D eigenvalue weighted by Gasteiger charge is 2.09. The third-order valence-electron chi connectivity index (χ3n) is 5.48. The van der Waals surface area contributed by atoms with Crippen LogP contribution in [0.3, 0.4) is 0 Å². The van der Waals surface area contributed by atoms with E-state index in [4.69, 9.17) is 8.85 Å². The van der Waals surface area contributed by atoms with E-state index in [1.807, 2.05) is 0 Å². The lowest BCUT2D eigenvalue weighted by Crippen LogP contribution is -2.17. The summed E-state index contributed by atoms with van der Waals surface area (Å²) in [6.07, 6.45) is 21.1. The summed E-state index contributed by atoms with van der Waals surface area (Å²) in [5, 5.41) is 0. The molecule has 0 fully saturated rings. The molecule has 0 radical (unpaired) electrons. The summed E-state index contributed by atoms with van der Waals surface area (Å²) in [4.78, 5) is 0. The quantitative estimate of drug-likeness (QED) is 0.144. The van der Waals surface area contributed by atoms with Gasteiger partial charge in [0.05, 0.1) is 0 Å². The van der Waals surface area contributed by atoms with Crippen LogP contribution < -0.4 is 0 Å². The van der Waals surface area contributed by atoms with Gasteiger partial charge in [-0.25, -0.2) is 0 Å². The van der Waals surface area contributed by atoms with Crippen LogP contribution in [0.15, 0.2) is 0 Å². The molecule has 0 spiro atoms. The molecule has 0 bridgehead atoms. The Morgan fingerprint density at radius 2 is 0.926 bits per heavy atom. The Balaban J connectivity index is 3.66. The average Bonchev–Trinajstić information content (AvgIpc) is 2.67. The van der Waals surface area contributed by atoms with Crippen molar-refractivity contribution in [3.8, 4) is 0 Å². The first-order chi connectivity index (χ1) is 13.3. The first-order valence-corrected chi connectivity index (χ1v) is 15.7. The lowest BCUT2D eigenvalue weighted by molar-refractivity contribution is 0.182. The van der Waals surface area contributed by atoms with Crippen LogP contribution in [0.5, 0.6) is 0 Å². The second-order valence-corrected chi connectivity index (χ2v) is 11.2. The van der Waals surface area contributed by atoms with Crippen LogP contribution in [0.2, 0.25) is 12.1 Å². The molecule has 0 N–H and O–H groups in total. The standard InChI is InChI=1S/C23H52O2Si2/c1-5-9-11-13-18-22(16-7-3)24-26-20-15-21-27-25-23(17-8-4)19-14-12-10-6-2/h22-23H,5-21,26-27H2,1-4H3. The SMILES string of the molecule is CCCCCCC(CCC)O[SiH2]CCC[SiH2]OC(CCC)CCCCCC. The monoisotopic (exact) mass is 416 g/mol. The molecule has 2 atom stereocenters. The van der Waals surface area contributed by atoms with Crippen LogP contribution in [-0.4, -0.2) is 31.7 Å². The molecule has 0 aromatic carbocycles. The molecule has 0 amide bonds. The summed E-state index contributed by atoms with van der Waals surface area (Å²) >= 11 is 0. The van der Waals surface area contributed by atoms with Gasteiger partial charge in [0, 0.05) is 12.2 Å². The van der Waals surface area contributed by atoms with Crippen molar-refractivity contribution in [3.05, 3.63) is 0 Å². The largest absolute Gasteiger partial charge is 0.421 e. The third kappa shape index (κ3) is 19.4. The number of hydrogen-bond acceptors (Lipinski definition) is 2. The van der Waals surface area contributed by atoms with Crippen LogP contribution in [0.1, 0.15) is 124 Å². The van der Waals surface area contributed by atoms with E-state index in [0.717, 1.165) is 0 Å². The number of rotatable bonds is 22. The molecule has 2 nitrogen and oxygen atoms in total. The fraction of sp³-hybridized carbons (Fsp3) is 1.00. The zero-order valence-corrected chi connectivity index (χ0v) is 22.2. The summed E-state index contributed by atoms with van der Waals surface area (Å²) in [7, 11) is -0.611. The molecule has 4 heteroatoms. The van der Waals surface area contributed by atoms with E-state index >= 15 is 0 Å². The lowest BCUT2D eigenvalue weighted by Gasteiger charge is -2.18. The fourth-order valence-electron chi connectivity index (χ4n) is 3.74. The first kappa shape index (κ1) is 27.4. The van der Waals surface area contributed by atoms with E-state index in [0.29, 0.717) is 12.2 Å². The molecule has 0 saturated heterocycles. The predicted molar refractivity (Wildman–Crippen MR) is 128 cm³/mol. The Morgan fingerprint density at radius 1 is 0.481 bits per heavy atom. The van der Waals surface area contributed by atoms with Crippen molar-refractivity contribution in [3.63, 3.8) is 0 Å². The fourth-order valence-corrected chi connectivity index (χ4v) is 7.23. The van der Waals surface area contributed by atoms with E-state index in [-0.39, 0.29) is 19.5 Å². The highest BCUT2D eigenvalue weighted by molar-refractivity contribution is 6.29. The van der Waals surface area contributed by atoms with Crippen molar-refractivity contribution in [2.75, 3.05) is 0 Å². The Hall–Kier alpha value is 0.354. The summed E-state index contributed by atoms with van der Waals surface area (Å²) in [5.41, 5.74) is 0. The van der Waals surface area contributed by atoms with Crippen LogP contribution >= 0.6 is 0 Å². The van der Waals surface area contributed by atoms with Gasteiger partial charge in [-0.05, 0) is 37.8 Å². The molecule has 0 aromatic rings. The molecular weight excluding hydrogens is 364 g/mol. The maximum atomic E-state index is 6.32. The minimum Gasteiger partial charge on any atom is -0.421 e. The minimum absolute atomic E-state index is 0.305. The number of unbranched alkanes of at least 4 members (excludes halogenated alkanes) is 6. The summed E-state index contributed by atoms with van der Waals surface area (Å²) in [6, 6.07) is 2.72. The van der Waals surface area contributed by atoms with Gasteiger partial charge < -0.3 is 8.85 Å². The van der Waals surface area contributed by atoms with Gasteiger partial charge >= 0.3 is 0 Å². The van der Waals surface area contributed by atoms with Gasteiger partial charge in [0.1, 0.15) is 0 Å². The molecule has 0 heterocycles. The smallest absolute Gasteiger partial charge is 0.161 e. The van der Waals surface area contributed by atoms with Crippen LogP contribution in [0, 0.1) is 0 Å². The number of hydrogen-bond donors (Lipinski definition) is 0. The molecule has 0 aliphatic rings. The third-order valence-corrected chi connectivity index (χ3v) is 8.47. The Labute approximate surface area is 176 Å². The van der Waals surface area contributed by atoms with Crippen molar-refractivity contribution in [2.45, 2.75) is 148 Å². The average molecular weight is 417 g/mol. The molecule has 2 unspecified atom stereocenters. The molecule has 27 heavy (non-hydrogen) atoms. The Bertz CT molecular complexity index is 251. The van der Waals surface area contributed by atoms with Crippen molar-refractivity contribution in [2.24, 2.45) is 0 Å². The highest BCUT2D eigenvalue weighted by atomic mass is 28.2. The zero-order chi connectivity index (χ0) is 20.0. The second kappa shape index (κ2) is 22.6. The molecular formula is C23H52O2Si2. The predicted octanol–water partition coefficient (Wildman–Crippen LogP) is 6.69. The van der Waals surface area contributed by atoms with Gasteiger partial charge in [0.2, 0.25) is 0 Å². The van der Waals surface area contributed by atoms with E-state index in [1.54, 1.807) is 0 Å². The Morgan fingerprint density at radius 3 is 1.30 bits per heavy atom. The molecule has 164 valence electrons. The molecule has 0 rings (SSSR count). The molecule has 0 aliphatic carbocycles. The molecule has 0 saturated carbocycles. The van der Waals surface area contributed by atoms with Gasteiger partial charge in [0.15, 0.2) is 19.5 Å². The normalized spacial score (nSPS) is 14.7.